The van der Waals surface area contributed by atoms with Gasteiger partial charge in [0.15, 0.2) is 23.1 Å². The number of halogens is 2. The molecular weight excluding hydrogens is 164 g/mol. The molecule has 0 unspecified atom stereocenters. The molecule has 0 amide bonds. The third-order valence-electron chi connectivity index (χ3n) is 1.55. The van der Waals surface area contributed by atoms with E-state index in [1.54, 1.807) is 6.92 Å². The highest BCUT2D eigenvalue weighted by atomic mass is 19.1. The van der Waals surface area contributed by atoms with E-state index in [-0.39, 0.29) is 17.0 Å². The van der Waals surface area contributed by atoms with Gasteiger partial charge in [0, 0.05) is 6.92 Å². The maximum atomic E-state index is 12.9. The minimum atomic E-state index is -0.591. The van der Waals surface area contributed by atoms with Gasteiger partial charge in [0.1, 0.15) is 5.52 Å². The maximum absolute atomic E-state index is 12.9. The van der Waals surface area contributed by atoms with Crippen LogP contribution in [0, 0.1) is 18.6 Å². The number of hydrogen-bond acceptors (Lipinski definition) is 2. The minimum absolute atomic E-state index is 0.0486. The van der Waals surface area contributed by atoms with E-state index in [9.17, 15) is 8.78 Å². The lowest BCUT2D eigenvalue weighted by Crippen LogP contribution is -1.80. The van der Waals surface area contributed by atoms with Gasteiger partial charge in [0.05, 0.1) is 0 Å². The van der Waals surface area contributed by atoms with Crippen molar-refractivity contribution in [2.45, 2.75) is 6.92 Å². The molecule has 0 bridgehead atoms. The Kier molecular flexibility index (Phi) is 1.36. The van der Waals surface area contributed by atoms with E-state index in [0.717, 1.165) is 12.1 Å². The third kappa shape index (κ3) is 0.879. The summed E-state index contributed by atoms with van der Waals surface area (Å²) in [6, 6.07) is 2.04. The number of hydrogen-bond donors (Lipinski definition) is 0. The van der Waals surface area contributed by atoms with Gasteiger partial charge in [-0.3, -0.25) is 0 Å². The molecule has 0 saturated carbocycles. The number of oxazole rings is 1. The highest BCUT2D eigenvalue weighted by Gasteiger charge is 2.11. The summed E-state index contributed by atoms with van der Waals surface area (Å²) < 4.78 is 30.6. The van der Waals surface area contributed by atoms with E-state index in [1.165, 1.54) is 0 Å². The van der Waals surface area contributed by atoms with Crippen LogP contribution in [0.1, 0.15) is 5.89 Å². The molecule has 1 aromatic heterocycles. The first-order valence-corrected chi connectivity index (χ1v) is 3.39. The van der Waals surface area contributed by atoms with Crippen LogP contribution in [0.15, 0.2) is 16.5 Å². The first-order valence-electron chi connectivity index (χ1n) is 3.39. The van der Waals surface area contributed by atoms with Crippen LogP contribution in [0.2, 0.25) is 0 Å². The molecule has 1 aromatic carbocycles. The van der Waals surface area contributed by atoms with Crippen LogP contribution >= 0.6 is 0 Å². The average molecular weight is 169 g/mol. The van der Waals surface area contributed by atoms with Crippen LogP contribution in [0.5, 0.6) is 0 Å². The molecule has 0 fully saturated rings. The summed E-state index contributed by atoms with van der Waals surface area (Å²) in [5, 5.41) is 0. The van der Waals surface area contributed by atoms with E-state index in [4.69, 9.17) is 4.42 Å². The van der Waals surface area contributed by atoms with Gasteiger partial charge >= 0.3 is 0 Å². The van der Waals surface area contributed by atoms with Crippen molar-refractivity contribution >= 4 is 11.1 Å². The van der Waals surface area contributed by atoms with Crippen molar-refractivity contribution in [3.8, 4) is 0 Å². The highest BCUT2D eigenvalue weighted by Crippen LogP contribution is 2.20. The molecule has 0 saturated heterocycles. The van der Waals surface area contributed by atoms with Crippen molar-refractivity contribution in [3.63, 3.8) is 0 Å². The summed E-state index contributed by atoms with van der Waals surface area (Å²) >= 11 is 0. The summed E-state index contributed by atoms with van der Waals surface area (Å²) in [4.78, 5) is 3.69. The van der Waals surface area contributed by atoms with Gasteiger partial charge < -0.3 is 4.42 Å². The number of rotatable bonds is 0. The van der Waals surface area contributed by atoms with E-state index < -0.39 is 11.6 Å². The summed E-state index contributed by atoms with van der Waals surface area (Å²) in [6.45, 7) is 1.54. The number of benzene rings is 1. The quantitative estimate of drug-likeness (QED) is 0.605. The van der Waals surface area contributed by atoms with Crippen LogP contribution in [0.4, 0.5) is 8.78 Å². The van der Waals surface area contributed by atoms with Gasteiger partial charge in [0.25, 0.3) is 0 Å². The van der Waals surface area contributed by atoms with Crippen molar-refractivity contribution in [3.05, 3.63) is 29.7 Å². The topological polar surface area (TPSA) is 26.0 Å². The monoisotopic (exact) mass is 169 g/mol. The molecule has 0 aliphatic carbocycles. The Bertz CT molecular complexity index is 397. The molecule has 62 valence electrons. The number of nitrogens with zero attached hydrogens (tertiary/aromatic N) is 1. The van der Waals surface area contributed by atoms with Gasteiger partial charge in [-0.25, -0.2) is 13.8 Å². The van der Waals surface area contributed by atoms with Crippen LogP contribution < -0.4 is 0 Å². The molecule has 0 spiro atoms. The van der Waals surface area contributed by atoms with Crippen molar-refractivity contribution < 1.29 is 13.2 Å². The molecule has 0 aliphatic rings. The standard InChI is InChI=1S/C8H5F2NO/c1-4-11-7-5(9)2-3-6(10)8(7)12-4/h2-3H,1H3. The number of aryl methyl sites for hydroxylation is 1. The number of fused-ring (bicyclic) bond motifs is 1. The van der Waals surface area contributed by atoms with Crippen LogP contribution in [0.25, 0.3) is 11.1 Å². The van der Waals surface area contributed by atoms with Gasteiger partial charge in [-0.1, -0.05) is 0 Å². The summed E-state index contributed by atoms with van der Waals surface area (Å²) in [5.41, 5.74) is -0.167. The fourth-order valence-corrected chi connectivity index (χ4v) is 1.05. The molecule has 0 radical (unpaired) electrons. The van der Waals surface area contributed by atoms with Crippen LogP contribution in [0.3, 0.4) is 0 Å². The van der Waals surface area contributed by atoms with Gasteiger partial charge in [-0.15, -0.1) is 0 Å². The SMILES string of the molecule is Cc1nc2c(F)ccc(F)c2o1. The predicted octanol–water partition coefficient (Wildman–Crippen LogP) is 2.41. The molecule has 2 rings (SSSR count). The zero-order valence-electron chi connectivity index (χ0n) is 6.27. The Labute approximate surface area is 66.8 Å². The Hall–Kier alpha value is -1.45. The zero-order valence-corrected chi connectivity index (χ0v) is 6.27. The van der Waals surface area contributed by atoms with Gasteiger partial charge in [-0.2, -0.15) is 0 Å². The highest BCUT2D eigenvalue weighted by molar-refractivity contribution is 5.73. The zero-order chi connectivity index (χ0) is 8.72. The van der Waals surface area contributed by atoms with Crippen molar-refractivity contribution in [1.82, 2.24) is 4.98 Å². The second-order valence-corrected chi connectivity index (χ2v) is 2.44. The maximum Gasteiger partial charge on any atom is 0.193 e. The van der Waals surface area contributed by atoms with Crippen LogP contribution in [-0.4, -0.2) is 4.98 Å². The normalized spacial score (nSPS) is 10.9. The van der Waals surface area contributed by atoms with Crippen molar-refractivity contribution in [2.75, 3.05) is 0 Å². The first-order chi connectivity index (χ1) is 5.68. The lowest BCUT2D eigenvalue weighted by molar-refractivity contribution is 0.526. The lowest BCUT2D eigenvalue weighted by Gasteiger charge is -1.89. The van der Waals surface area contributed by atoms with E-state index in [0.29, 0.717) is 0 Å². The third-order valence-corrected chi connectivity index (χ3v) is 1.55. The van der Waals surface area contributed by atoms with Gasteiger partial charge in [-0.05, 0) is 12.1 Å². The van der Waals surface area contributed by atoms with E-state index >= 15 is 0 Å². The van der Waals surface area contributed by atoms with Gasteiger partial charge in [0.2, 0.25) is 0 Å². The van der Waals surface area contributed by atoms with Crippen LogP contribution in [-0.2, 0) is 0 Å². The molecule has 2 nitrogen and oxygen atoms in total. The Morgan fingerprint density at radius 3 is 2.58 bits per heavy atom. The fraction of sp³-hybridized carbons (Fsp3) is 0.125. The average Bonchev–Trinajstić information content (AvgIpc) is 2.41. The Morgan fingerprint density at radius 2 is 1.92 bits per heavy atom. The first kappa shape index (κ1) is 7.21. The molecule has 4 heteroatoms. The number of aromatic nitrogens is 1. The smallest absolute Gasteiger partial charge is 0.193 e. The fourth-order valence-electron chi connectivity index (χ4n) is 1.05. The summed E-state index contributed by atoms with van der Waals surface area (Å²) in [5.74, 6) is -0.899. The summed E-state index contributed by atoms with van der Waals surface area (Å²) in [6.07, 6.45) is 0. The molecule has 2 aromatic rings. The Morgan fingerprint density at radius 1 is 1.25 bits per heavy atom. The minimum Gasteiger partial charge on any atom is -0.438 e. The summed E-state index contributed by atoms with van der Waals surface area (Å²) in [7, 11) is 0. The molecule has 0 N–H and O–H groups in total. The van der Waals surface area contributed by atoms with Crippen molar-refractivity contribution in [1.29, 1.82) is 0 Å². The molecular formula is C8H5F2NO. The second kappa shape index (κ2) is 2.27. The molecule has 12 heavy (non-hydrogen) atoms. The van der Waals surface area contributed by atoms with E-state index in [2.05, 4.69) is 4.98 Å². The molecule has 0 aliphatic heterocycles. The molecule has 1 heterocycles. The predicted molar refractivity (Wildman–Crippen MR) is 38.7 cm³/mol. The largest absolute Gasteiger partial charge is 0.438 e. The Balaban J connectivity index is 2.93. The van der Waals surface area contributed by atoms with Crippen molar-refractivity contribution in [2.24, 2.45) is 0 Å². The lowest BCUT2D eigenvalue weighted by atomic mass is 10.3. The van der Waals surface area contributed by atoms with E-state index in [1.807, 2.05) is 0 Å². The molecule has 0 atom stereocenters. The second-order valence-electron chi connectivity index (χ2n) is 2.44.